The number of anilines is 1. The van der Waals surface area contributed by atoms with E-state index < -0.39 is 12.1 Å². The number of amides is 3. The van der Waals surface area contributed by atoms with Crippen LogP contribution in [0.1, 0.15) is 6.92 Å². The van der Waals surface area contributed by atoms with Crippen LogP contribution in [0.15, 0.2) is 30.3 Å². The molecule has 0 heterocycles. The van der Waals surface area contributed by atoms with Crippen LogP contribution >= 0.6 is 0 Å². The van der Waals surface area contributed by atoms with Crippen molar-refractivity contribution in [1.29, 1.82) is 0 Å². The minimum absolute atomic E-state index is 0.372. The van der Waals surface area contributed by atoms with Crippen molar-refractivity contribution in [2.24, 2.45) is 0 Å². The summed E-state index contributed by atoms with van der Waals surface area (Å²) >= 11 is 0. The van der Waals surface area contributed by atoms with Crippen molar-refractivity contribution in [3.8, 4) is 0 Å². The molecule has 1 unspecified atom stereocenters. The summed E-state index contributed by atoms with van der Waals surface area (Å²) < 4.78 is 0. The Morgan fingerprint density at radius 1 is 1.19 bits per heavy atom. The van der Waals surface area contributed by atoms with Crippen LogP contribution in [-0.2, 0) is 4.79 Å². The normalized spacial score (nSPS) is 11.4. The van der Waals surface area contributed by atoms with Crippen LogP contribution in [0.4, 0.5) is 10.5 Å². The highest BCUT2D eigenvalue weighted by Gasteiger charge is 2.14. The Bertz CT molecular complexity index is 365. The summed E-state index contributed by atoms with van der Waals surface area (Å²) in [6.07, 6.45) is 0. The molecule has 0 aliphatic carbocycles. The first-order chi connectivity index (χ1) is 7.63. The molecule has 0 aliphatic heterocycles. The van der Waals surface area contributed by atoms with Gasteiger partial charge in [0.15, 0.2) is 0 Å². The largest absolute Gasteiger partial charge is 0.374 e. The Kier molecular flexibility index (Phi) is 4.32. The monoisotopic (exact) mass is 221 g/mol. The Morgan fingerprint density at radius 3 is 2.38 bits per heavy atom. The molecule has 86 valence electrons. The topological polar surface area (TPSA) is 70.2 Å². The predicted octanol–water partition coefficient (Wildman–Crippen LogP) is 0.943. The lowest BCUT2D eigenvalue weighted by Crippen LogP contribution is -2.44. The summed E-state index contributed by atoms with van der Waals surface area (Å²) in [5.74, 6) is -0.372. The number of nitrogens with one attached hydrogen (secondary N) is 3. The van der Waals surface area contributed by atoms with E-state index in [0.717, 1.165) is 5.69 Å². The van der Waals surface area contributed by atoms with Crippen LogP contribution in [0.3, 0.4) is 0 Å². The maximum Gasteiger partial charge on any atom is 0.321 e. The molecule has 0 aliphatic rings. The highest BCUT2D eigenvalue weighted by molar-refractivity contribution is 5.97. The van der Waals surface area contributed by atoms with Gasteiger partial charge in [0.25, 0.3) is 0 Å². The molecule has 1 rings (SSSR count). The number of rotatable bonds is 3. The van der Waals surface area contributed by atoms with Crippen LogP contribution in [0.2, 0.25) is 0 Å². The Balaban J connectivity index is 2.49. The lowest BCUT2D eigenvalue weighted by Gasteiger charge is -2.14. The van der Waals surface area contributed by atoms with Crippen LogP contribution in [-0.4, -0.2) is 25.0 Å². The highest BCUT2D eigenvalue weighted by Crippen LogP contribution is 2.06. The molecular formula is C11H15N3O2. The van der Waals surface area contributed by atoms with E-state index in [4.69, 9.17) is 0 Å². The Labute approximate surface area is 94.2 Å². The van der Waals surface area contributed by atoms with Gasteiger partial charge >= 0.3 is 6.03 Å². The number of carbonyl (C=O) groups excluding carboxylic acids is 2. The first kappa shape index (κ1) is 12.0. The average Bonchev–Trinajstić information content (AvgIpc) is 2.30. The van der Waals surface area contributed by atoms with E-state index in [-0.39, 0.29) is 5.91 Å². The molecule has 1 aromatic carbocycles. The molecular weight excluding hydrogens is 206 g/mol. The van der Waals surface area contributed by atoms with Crippen molar-refractivity contribution < 1.29 is 9.59 Å². The number of benzene rings is 1. The van der Waals surface area contributed by atoms with Gasteiger partial charge in [0.05, 0.1) is 0 Å². The number of hydrogen-bond acceptors (Lipinski definition) is 3. The molecule has 0 spiro atoms. The molecule has 0 aromatic heterocycles. The first-order valence-corrected chi connectivity index (χ1v) is 4.97. The number of para-hydroxylation sites is 1. The van der Waals surface area contributed by atoms with E-state index in [1.165, 1.54) is 7.05 Å². The summed E-state index contributed by atoms with van der Waals surface area (Å²) in [6, 6.07) is 8.34. The smallest absolute Gasteiger partial charge is 0.321 e. The third-order valence-corrected chi connectivity index (χ3v) is 2.01. The van der Waals surface area contributed by atoms with Crippen molar-refractivity contribution >= 4 is 17.6 Å². The van der Waals surface area contributed by atoms with Gasteiger partial charge in [-0.05, 0) is 19.1 Å². The zero-order chi connectivity index (χ0) is 12.0. The van der Waals surface area contributed by atoms with Crippen molar-refractivity contribution in [3.05, 3.63) is 30.3 Å². The number of hydrogen-bond donors (Lipinski definition) is 3. The van der Waals surface area contributed by atoms with E-state index in [9.17, 15) is 9.59 Å². The van der Waals surface area contributed by atoms with Crippen molar-refractivity contribution in [2.75, 3.05) is 12.4 Å². The molecule has 0 saturated carbocycles. The Morgan fingerprint density at radius 2 is 1.81 bits per heavy atom. The molecule has 0 saturated heterocycles. The van der Waals surface area contributed by atoms with Crippen LogP contribution in [0.5, 0.6) is 0 Å². The third kappa shape index (κ3) is 3.61. The minimum Gasteiger partial charge on any atom is -0.374 e. The quantitative estimate of drug-likeness (QED) is 0.711. The average molecular weight is 221 g/mol. The minimum atomic E-state index is -0.508. The fourth-order valence-electron chi connectivity index (χ4n) is 1.13. The third-order valence-electron chi connectivity index (χ3n) is 2.01. The maximum absolute atomic E-state index is 11.5. The van der Waals surface area contributed by atoms with E-state index in [0.29, 0.717) is 0 Å². The highest BCUT2D eigenvalue weighted by atomic mass is 16.2. The van der Waals surface area contributed by atoms with Gasteiger partial charge in [-0.1, -0.05) is 18.2 Å². The summed E-state index contributed by atoms with van der Waals surface area (Å²) in [7, 11) is 1.46. The van der Waals surface area contributed by atoms with Crippen LogP contribution in [0.25, 0.3) is 0 Å². The summed E-state index contributed by atoms with van der Waals surface area (Å²) in [6.45, 7) is 1.69. The molecule has 16 heavy (non-hydrogen) atoms. The van der Waals surface area contributed by atoms with E-state index >= 15 is 0 Å². The van der Waals surface area contributed by atoms with Crippen molar-refractivity contribution in [1.82, 2.24) is 10.6 Å². The molecule has 5 nitrogen and oxygen atoms in total. The Hall–Kier alpha value is -2.04. The van der Waals surface area contributed by atoms with Gasteiger partial charge in [-0.2, -0.15) is 0 Å². The standard InChI is InChI=1S/C11H15N3O2/c1-8(10(15)14-11(16)12-2)13-9-6-4-3-5-7-9/h3-8,13H,1-2H3,(H2,12,14,15,16). The second kappa shape index (κ2) is 5.75. The van der Waals surface area contributed by atoms with Gasteiger partial charge < -0.3 is 10.6 Å². The molecule has 3 N–H and O–H groups in total. The number of imide groups is 1. The van der Waals surface area contributed by atoms with Crippen LogP contribution < -0.4 is 16.0 Å². The van der Waals surface area contributed by atoms with Crippen molar-refractivity contribution in [2.45, 2.75) is 13.0 Å². The maximum atomic E-state index is 11.5. The summed E-state index contributed by atoms with van der Waals surface area (Å²) in [5.41, 5.74) is 0.835. The van der Waals surface area contributed by atoms with Gasteiger partial charge in [0, 0.05) is 12.7 Å². The zero-order valence-corrected chi connectivity index (χ0v) is 9.28. The van der Waals surface area contributed by atoms with Gasteiger partial charge in [0.2, 0.25) is 5.91 Å². The van der Waals surface area contributed by atoms with Gasteiger partial charge in [0.1, 0.15) is 6.04 Å². The van der Waals surface area contributed by atoms with E-state index in [2.05, 4.69) is 16.0 Å². The van der Waals surface area contributed by atoms with E-state index in [1.807, 2.05) is 30.3 Å². The first-order valence-electron chi connectivity index (χ1n) is 4.97. The van der Waals surface area contributed by atoms with Gasteiger partial charge in [-0.15, -0.1) is 0 Å². The fourth-order valence-corrected chi connectivity index (χ4v) is 1.13. The molecule has 0 fully saturated rings. The SMILES string of the molecule is CNC(=O)NC(=O)C(C)Nc1ccccc1. The fraction of sp³-hybridized carbons (Fsp3) is 0.273. The second-order valence-corrected chi connectivity index (χ2v) is 3.30. The molecule has 1 atom stereocenters. The van der Waals surface area contributed by atoms with E-state index in [1.54, 1.807) is 6.92 Å². The predicted molar refractivity (Wildman–Crippen MR) is 62.1 cm³/mol. The molecule has 0 radical (unpaired) electrons. The van der Waals surface area contributed by atoms with Crippen LogP contribution in [0, 0.1) is 0 Å². The molecule has 3 amide bonds. The molecule has 1 aromatic rings. The summed E-state index contributed by atoms with van der Waals surface area (Å²) in [5, 5.41) is 7.49. The van der Waals surface area contributed by atoms with Gasteiger partial charge in [-0.25, -0.2) is 4.79 Å². The molecule has 0 bridgehead atoms. The number of carbonyl (C=O) groups is 2. The van der Waals surface area contributed by atoms with Crippen molar-refractivity contribution in [3.63, 3.8) is 0 Å². The zero-order valence-electron chi connectivity index (χ0n) is 9.28. The lowest BCUT2D eigenvalue weighted by molar-refractivity contribution is -0.120. The lowest BCUT2D eigenvalue weighted by atomic mass is 10.2. The second-order valence-electron chi connectivity index (χ2n) is 3.30. The van der Waals surface area contributed by atoms with Gasteiger partial charge in [-0.3, -0.25) is 10.1 Å². The molecule has 5 heteroatoms. The summed E-state index contributed by atoms with van der Waals surface area (Å²) in [4.78, 5) is 22.4. The number of urea groups is 1.